The SMILES string of the molecule is O=C(Nc1ccc(Br)cn1)c1cccc2c1OCCN2. The summed E-state index contributed by atoms with van der Waals surface area (Å²) in [7, 11) is 0. The van der Waals surface area contributed by atoms with Gasteiger partial charge in [-0.1, -0.05) is 6.07 Å². The number of ether oxygens (including phenoxy) is 1. The van der Waals surface area contributed by atoms with Crippen LogP contribution in [0.15, 0.2) is 41.0 Å². The van der Waals surface area contributed by atoms with Crippen LogP contribution >= 0.6 is 15.9 Å². The normalized spacial score (nSPS) is 12.8. The number of hydrogen-bond acceptors (Lipinski definition) is 4. The van der Waals surface area contributed by atoms with Crippen LogP contribution in [0.1, 0.15) is 10.4 Å². The van der Waals surface area contributed by atoms with E-state index in [-0.39, 0.29) is 5.91 Å². The standard InChI is InChI=1S/C14H12BrN3O2/c15-9-4-5-12(17-8-9)18-14(19)10-2-1-3-11-13(10)20-7-6-16-11/h1-5,8,16H,6-7H2,(H,17,18,19). The molecule has 3 rings (SSSR count). The highest BCUT2D eigenvalue weighted by atomic mass is 79.9. The van der Waals surface area contributed by atoms with Gasteiger partial charge in [-0.25, -0.2) is 4.98 Å². The second-order valence-electron chi connectivity index (χ2n) is 4.27. The number of aromatic nitrogens is 1. The van der Waals surface area contributed by atoms with Gasteiger partial charge < -0.3 is 15.4 Å². The zero-order chi connectivity index (χ0) is 13.9. The zero-order valence-electron chi connectivity index (χ0n) is 10.5. The van der Waals surface area contributed by atoms with Crippen molar-refractivity contribution >= 4 is 33.3 Å². The second kappa shape index (κ2) is 5.50. The summed E-state index contributed by atoms with van der Waals surface area (Å²) in [6.45, 7) is 1.29. The third kappa shape index (κ3) is 2.60. The summed E-state index contributed by atoms with van der Waals surface area (Å²) in [6.07, 6.45) is 1.63. The molecule has 1 aromatic heterocycles. The summed E-state index contributed by atoms with van der Waals surface area (Å²) in [4.78, 5) is 16.4. The molecule has 0 bridgehead atoms. The number of amides is 1. The van der Waals surface area contributed by atoms with Crippen LogP contribution in [0.5, 0.6) is 5.75 Å². The number of halogens is 1. The van der Waals surface area contributed by atoms with Gasteiger partial charge in [0.1, 0.15) is 12.4 Å². The maximum absolute atomic E-state index is 12.3. The van der Waals surface area contributed by atoms with Crippen LogP contribution in [0.2, 0.25) is 0 Å². The molecule has 1 aliphatic rings. The average Bonchev–Trinajstić information content (AvgIpc) is 2.49. The highest BCUT2D eigenvalue weighted by Gasteiger charge is 2.19. The number of carbonyl (C=O) groups excluding carboxylic acids is 1. The first-order chi connectivity index (χ1) is 9.74. The molecule has 0 aliphatic carbocycles. The highest BCUT2D eigenvalue weighted by Crippen LogP contribution is 2.31. The first kappa shape index (κ1) is 12.9. The lowest BCUT2D eigenvalue weighted by atomic mass is 10.1. The Morgan fingerprint density at radius 3 is 3.05 bits per heavy atom. The molecule has 0 atom stereocenters. The summed E-state index contributed by atoms with van der Waals surface area (Å²) in [5.41, 5.74) is 1.34. The van der Waals surface area contributed by atoms with Gasteiger partial charge in [0.15, 0.2) is 5.75 Å². The Bertz CT molecular complexity index is 643. The smallest absolute Gasteiger partial charge is 0.260 e. The van der Waals surface area contributed by atoms with E-state index in [1.165, 1.54) is 0 Å². The number of anilines is 2. The van der Waals surface area contributed by atoms with Crippen LogP contribution in [0.25, 0.3) is 0 Å². The Hall–Kier alpha value is -2.08. The number of nitrogens with one attached hydrogen (secondary N) is 2. The number of rotatable bonds is 2. The van der Waals surface area contributed by atoms with E-state index in [1.807, 2.05) is 18.2 Å². The van der Waals surface area contributed by atoms with Crippen molar-refractivity contribution in [1.82, 2.24) is 4.98 Å². The van der Waals surface area contributed by atoms with Gasteiger partial charge in [0.05, 0.1) is 11.3 Å². The van der Waals surface area contributed by atoms with Gasteiger partial charge in [-0.3, -0.25) is 4.79 Å². The van der Waals surface area contributed by atoms with Crippen molar-refractivity contribution in [1.29, 1.82) is 0 Å². The van der Waals surface area contributed by atoms with Crippen molar-refractivity contribution in [3.05, 3.63) is 46.6 Å². The molecule has 0 spiro atoms. The summed E-state index contributed by atoms with van der Waals surface area (Å²) >= 11 is 3.30. The minimum atomic E-state index is -0.236. The van der Waals surface area contributed by atoms with Gasteiger partial charge in [-0.15, -0.1) is 0 Å². The maximum atomic E-state index is 12.3. The number of carbonyl (C=O) groups is 1. The molecule has 0 unspecified atom stereocenters. The first-order valence-electron chi connectivity index (χ1n) is 6.16. The molecule has 2 N–H and O–H groups in total. The van der Waals surface area contributed by atoms with Gasteiger partial charge in [0, 0.05) is 17.2 Å². The summed E-state index contributed by atoms with van der Waals surface area (Å²) < 4.78 is 6.44. The Balaban J connectivity index is 1.85. The largest absolute Gasteiger partial charge is 0.489 e. The summed E-state index contributed by atoms with van der Waals surface area (Å²) in [5.74, 6) is 0.855. The highest BCUT2D eigenvalue weighted by molar-refractivity contribution is 9.10. The lowest BCUT2D eigenvalue weighted by Gasteiger charge is -2.21. The molecule has 0 saturated heterocycles. The molecule has 1 aromatic carbocycles. The molecule has 2 heterocycles. The minimum Gasteiger partial charge on any atom is -0.489 e. The molecule has 0 radical (unpaired) electrons. The fourth-order valence-corrected chi connectivity index (χ4v) is 2.22. The van der Waals surface area contributed by atoms with Crippen molar-refractivity contribution in [2.75, 3.05) is 23.8 Å². The van der Waals surface area contributed by atoms with Gasteiger partial charge in [0.25, 0.3) is 5.91 Å². The number of fused-ring (bicyclic) bond motifs is 1. The fraction of sp³-hybridized carbons (Fsp3) is 0.143. The molecule has 102 valence electrons. The van der Waals surface area contributed by atoms with Gasteiger partial charge in [0.2, 0.25) is 0 Å². The Labute approximate surface area is 124 Å². The third-order valence-corrected chi connectivity index (χ3v) is 3.36. The Morgan fingerprint density at radius 2 is 2.25 bits per heavy atom. The lowest BCUT2D eigenvalue weighted by Crippen LogP contribution is -2.22. The molecular weight excluding hydrogens is 322 g/mol. The van der Waals surface area contributed by atoms with Crippen molar-refractivity contribution in [3.63, 3.8) is 0 Å². The predicted octanol–water partition coefficient (Wildman–Crippen LogP) is 2.90. The van der Waals surface area contributed by atoms with E-state index in [1.54, 1.807) is 18.3 Å². The maximum Gasteiger partial charge on any atom is 0.260 e. The van der Waals surface area contributed by atoms with Gasteiger partial charge in [-0.05, 0) is 40.2 Å². The van der Waals surface area contributed by atoms with Crippen molar-refractivity contribution in [2.45, 2.75) is 0 Å². The van der Waals surface area contributed by atoms with E-state index in [0.29, 0.717) is 23.7 Å². The summed E-state index contributed by atoms with van der Waals surface area (Å²) in [5, 5.41) is 5.96. The van der Waals surface area contributed by atoms with Gasteiger partial charge >= 0.3 is 0 Å². The van der Waals surface area contributed by atoms with E-state index in [9.17, 15) is 4.79 Å². The number of benzene rings is 1. The minimum absolute atomic E-state index is 0.236. The fourth-order valence-electron chi connectivity index (χ4n) is 1.98. The second-order valence-corrected chi connectivity index (χ2v) is 5.19. The molecular formula is C14H12BrN3O2. The predicted molar refractivity (Wildman–Crippen MR) is 80.3 cm³/mol. The molecule has 0 saturated carbocycles. The van der Waals surface area contributed by atoms with Crippen LogP contribution < -0.4 is 15.4 Å². The third-order valence-electron chi connectivity index (χ3n) is 2.89. The topological polar surface area (TPSA) is 63.2 Å². The number of para-hydroxylation sites is 1. The molecule has 2 aromatic rings. The molecule has 6 heteroatoms. The number of nitrogens with zero attached hydrogens (tertiary/aromatic N) is 1. The molecule has 1 aliphatic heterocycles. The van der Waals surface area contributed by atoms with E-state index >= 15 is 0 Å². The van der Waals surface area contributed by atoms with Crippen LogP contribution in [0.4, 0.5) is 11.5 Å². The van der Waals surface area contributed by atoms with Crippen LogP contribution in [0.3, 0.4) is 0 Å². The van der Waals surface area contributed by atoms with E-state index in [4.69, 9.17) is 4.74 Å². The Morgan fingerprint density at radius 1 is 1.35 bits per heavy atom. The molecule has 20 heavy (non-hydrogen) atoms. The van der Waals surface area contributed by atoms with Crippen LogP contribution in [0, 0.1) is 0 Å². The molecule has 1 amide bonds. The molecule has 5 nitrogen and oxygen atoms in total. The number of hydrogen-bond donors (Lipinski definition) is 2. The first-order valence-corrected chi connectivity index (χ1v) is 6.96. The zero-order valence-corrected chi connectivity index (χ0v) is 12.1. The number of pyridine rings is 1. The van der Waals surface area contributed by atoms with Crippen LogP contribution in [-0.2, 0) is 0 Å². The lowest BCUT2D eigenvalue weighted by molar-refractivity contribution is 0.102. The van der Waals surface area contributed by atoms with E-state index in [2.05, 4.69) is 31.5 Å². The van der Waals surface area contributed by atoms with Crippen molar-refractivity contribution in [2.24, 2.45) is 0 Å². The van der Waals surface area contributed by atoms with Gasteiger partial charge in [-0.2, -0.15) is 0 Å². The van der Waals surface area contributed by atoms with Crippen LogP contribution in [-0.4, -0.2) is 24.0 Å². The monoisotopic (exact) mass is 333 g/mol. The van der Waals surface area contributed by atoms with E-state index in [0.717, 1.165) is 16.7 Å². The molecule has 0 fully saturated rings. The average molecular weight is 334 g/mol. The quantitative estimate of drug-likeness (QED) is 0.886. The van der Waals surface area contributed by atoms with Crippen molar-refractivity contribution in [3.8, 4) is 5.75 Å². The van der Waals surface area contributed by atoms with Crippen molar-refractivity contribution < 1.29 is 9.53 Å². The van der Waals surface area contributed by atoms with E-state index < -0.39 is 0 Å². The Kier molecular flexibility index (Phi) is 3.56. The summed E-state index contributed by atoms with van der Waals surface area (Å²) in [6, 6.07) is 9.01.